The quantitative estimate of drug-likeness (QED) is 0.540. The van der Waals surface area contributed by atoms with E-state index in [-0.39, 0.29) is 0 Å². The van der Waals surface area contributed by atoms with Gasteiger partial charge in [-0.1, -0.05) is 31.2 Å². The molecule has 0 aromatic heterocycles. The highest BCUT2D eigenvalue weighted by Crippen LogP contribution is 2.06. The van der Waals surface area contributed by atoms with Crippen LogP contribution < -0.4 is 0 Å². The molecule has 0 saturated carbocycles. The Morgan fingerprint density at radius 1 is 1.21 bits per heavy atom. The van der Waals surface area contributed by atoms with E-state index in [1.807, 2.05) is 6.08 Å². The molecule has 0 aliphatic heterocycles. The van der Waals surface area contributed by atoms with Gasteiger partial charge in [0.15, 0.2) is 0 Å². The molecule has 0 spiro atoms. The van der Waals surface area contributed by atoms with Crippen molar-refractivity contribution in [2.24, 2.45) is 0 Å². The molecule has 0 saturated heterocycles. The lowest BCUT2D eigenvalue weighted by atomic mass is 10.1. The second-order valence-electron chi connectivity index (χ2n) is 3.42. The molecular weight excluding hydrogens is 188 g/mol. The van der Waals surface area contributed by atoms with Crippen molar-refractivity contribution in [1.82, 2.24) is 0 Å². The third-order valence-corrected chi connectivity index (χ3v) is 2.56. The topological polar surface area (TPSA) is 9.23 Å². The minimum atomic E-state index is -0.604. The van der Waals surface area contributed by atoms with Crippen LogP contribution in [0.5, 0.6) is 0 Å². The first-order valence-corrected chi connectivity index (χ1v) is 7.35. The molecule has 0 aliphatic rings. The molecule has 75 valence electrons. The van der Waals surface area contributed by atoms with Crippen LogP contribution in [0.15, 0.2) is 30.5 Å². The van der Waals surface area contributed by atoms with Gasteiger partial charge in [-0.25, -0.2) is 0 Å². The third-order valence-electron chi connectivity index (χ3n) is 1.95. The fourth-order valence-corrected chi connectivity index (χ4v) is 1.45. The summed E-state index contributed by atoms with van der Waals surface area (Å²) in [6.07, 6.45) is 4.91. The van der Waals surface area contributed by atoms with Crippen molar-refractivity contribution in [3.05, 3.63) is 41.7 Å². The fourth-order valence-electron chi connectivity index (χ4n) is 1.11. The van der Waals surface area contributed by atoms with Gasteiger partial charge in [0.05, 0.1) is 6.26 Å². The van der Waals surface area contributed by atoms with Gasteiger partial charge in [-0.2, -0.15) is 0 Å². The van der Waals surface area contributed by atoms with Gasteiger partial charge in [0.25, 0.3) is 9.04 Å². The Hall–Kier alpha value is -1.02. The van der Waals surface area contributed by atoms with Gasteiger partial charge in [0.1, 0.15) is 0 Å². The monoisotopic (exact) mass is 205 g/mol. The van der Waals surface area contributed by atoms with Crippen LogP contribution in [0.25, 0.3) is 6.08 Å². The zero-order valence-corrected chi connectivity index (χ0v) is 10.1. The smallest absolute Gasteiger partial charge is 0.273 e. The van der Waals surface area contributed by atoms with E-state index in [0.29, 0.717) is 0 Å². The van der Waals surface area contributed by atoms with Crippen LogP contribution in [0.3, 0.4) is 0 Å². The first-order valence-electron chi connectivity index (χ1n) is 4.94. The molecular formula is C12H17OSi. The minimum absolute atomic E-state index is 0.604. The molecule has 1 nitrogen and oxygen atoms in total. The lowest BCUT2D eigenvalue weighted by Crippen LogP contribution is -2.00. The molecule has 0 amide bonds. The van der Waals surface area contributed by atoms with Gasteiger partial charge in [0, 0.05) is 0 Å². The lowest BCUT2D eigenvalue weighted by Gasteiger charge is -2.01. The van der Waals surface area contributed by atoms with Crippen molar-refractivity contribution in [2.45, 2.75) is 26.4 Å². The van der Waals surface area contributed by atoms with Gasteiger partial charge in [0.2, 0.25) is 0 Å². The molecule has 1 radical (unpaired) electrons. The normalized spacial score (nSPS) is 11.1. The summed E-state index contributed by atoms with van der Waals surface area (Å²) >= 11 is 0. The van der Waals surface area contributed by atoms with Gasteiger partial charge < -0.3 is 4.43 Å². The standard InChI is InChI=1S/C12H17OSi/c1-4-11-5-7-12(8-6-11)9-10-13-14(2)3/h5-10H,4H2,1-3H3. The molecule has 0 bridgehead atoms. The van der Waals surface area contributed by atoms with Crippen LogP contribution in [-0.4, -0.2) is 9.04 Å². The fraction of sp³-hybridized carbons (Fsp3) is 0.333. The summed E-state index contributed by atoms with van der Waals surface area (Å²) in [5, 5.41) is 0. The third kappa shape index (κ3) is 3.79. The van der Waals surface area contributed by atoms with Crippen molar-refractivity contribution >= 4 is 15.1 Å². The van der Waals surface area contributed by atoms with E-state index < -0.39 is 9.04 Å². The molecule has 0 unspecified atom stereocenters. The summed E-state index contributed by atoms with van der Waals surface area (Å²) in [7, 11) is -0.604. The predicted octanol–water partition coefficient (Wildman–Crippen LogP) is 3.49. The Balaban J connectivity index is 2.55. The Morgan fingerprint density at radius 2 is 1.86 bits per heavy atom. The molecule has 0 atom stereocenters. The summed E-state index contributed by atoms with van der Waals surface area (Å²) in [6.45, 7) is 6.40. The van der Waals surface area contributed by atoms with Gasteiger partial charge >= 0.3 is 0 Å². The minimum Gasteiger partial charge on any atom is -0.548 e. The SMILES string of the molecule is CCc1ccc(C=CO[Si](C)C)cc1. The Bertz CT molecular complexity index is 288. The average Bonchev–Trinajstić information content (AvgIpc) is 2.18. The molecule has 0 N–H and O–H groups in total. The van der Waals surface area contributed by atoms with Crippen molar-refractivity contribution in [3.8, 4) is 0 Å². The Kier molecular flexibility index (Phi) is 4.46. The van der Waals surface area contributed by atoms with Gasteiger partial charge in [-0.15, -0.1) is 0 Å². The van der Waals surface area contributed by atoms with Crippen LogP contribution in [0.1, 0.15) is 18.1 Å². The molecule has 0 fully saturated rings. The molecule has 1 aromatic rings. The summed E-state index contributed by atoms with van der Waals surface area (Å²) in [5.74, 6) is 0. The van der Waals surface area contributed by atoms with E-state index in [4.69, 9.17) is 4.43 Å². The number of rotatable bonds is 4. The van der Waals surface area contributed by atoms with Gasteiger partial charge in [-0.05, 0) is 36.7 Å². The molecule has 0 aliphatic carbocycles. The zero-order chi connectivity index (χ0) is 10.4. The van der Waals surface area contributed by atoms with E-state index >= 15 is 0 Å². The molecule has 14 heavy (non-hydrogen) atoms. The van der Waals surface area contributed by atoms with Crippen molar-refractivity contribution in [2.75, 3.05) is 0 Å². The highest BCUT2D eigenvalue weighted by molar-refractivity contribution is 6.48. The van der Waals surface area contributed by atoms with Crippen LogP contribution in [-0.2, 0) is 10.8 Å². The van der Waals surface area contributed by atoms with Crippen LogP contribution >= 0.6 is 0 Å². The van der Waals surface area contributed by atoms with Gasteiger partial charge in [-0.3, -0.25) is 0 Å². The number of hydrogen-bond acceptors (Lipinski definition) is 1. The summed E-state index contributed by atoms with van der Waals surface area (Å²) in [6, 6.07) is 8.56. The van der Waals surface area contributed by atoms with E-state index in [0.717, 1.165) is 6.42 Å². The molecule has 1 rings (SSSR count). The predicted molar refractivity (Wildman–Crippen MR) is 63.4 cm³/mol. The average molecular weight is 205 g/mol. The second-order valence-corrected chi connectivity index (χ2v) is 5.48. The van der Waals surface area contributed by atoms with E-state index in [1.54, 1.807) is 6.26 Å². The summed E-state index contributed by atoms with van der Waals surface area (Å²) < 4.78 is 5.42. The molecule has 2 heteroatoms. The van der Waals surface area contributed by atoms with Crippen LogP contribution in [0, 0.1) is 0 Å². The highest BCUT2D eigenvalue weighted by Gasteiger charge is 1.92. The Labute approximate surface area is 88.1 Å². The maximum Gasteiger partial charge on any atom is 0.273 e. The molecule has 1 aromatic carbocycles. The van der Waals surface area contributed by atoms with E-state index in [2.05, 4.69) is 44.3 Å². The summed E-state index contributed by atoms with van der Waals surface area (Å²) in [4.78, 5) is 0. The van der Waals surface area contributed by atoms with Crippen molar-refractivity contribution in [3.63, 3.8) is 0 Å². The number of benzene rings is 1. The van der Waals surface area contributed by atoms with Crippen LogP contribution in [0.2, 0.25) is 13.1 Å². The maximum absolute atomic E-state index is 5.42. The Morgan fingerprint density at radius 3 is 2.36 bits per heavy atom. The van der Waals surface area contributed by atoms with E-state index in [1.165, 1.54) is 11.1 Å². The first kappa shape index (κ1) is 11.1. The largest absolute Gasteiger partial charge is 0.548 e. The molecule has 0 heterocycles. The number of aryl methyl sites for hydroxylation is 1. The zero-order valence-electron chi connectivity index (χ0n) is 9.08. The summed E-state index contributed by atoms with van der Waals surface area (Å²) in [5.41, 5.74) is 2.57. The number of hydrogen-bond donors (Lipinski definition) is 0. The second kappa shape index (κ2) is 5.65. The van der Waals surface area contributed by atoms with Crippen LogP contribution in [0.4, 0.5) is 0 Å². The first-order chi connectivity index (χ1) is 6.72. The van der Waals surface area contributed by atoms with Crippen molar-refractivity contribution in [1.29, 1.82) is 0 Å². The lowest BCUT2D eigenvalue weighted by molar-refractivity contribution is 0.505. The van der Waals surface area contributed by atoms with E-state index in [9.17, 15) is 0 Å². The highest BCUT2D eigenvalue weighted by atomic mass is 28.3. The van der Waals surface area contributed by atoms with Crippen molar-refractivity contribution < 1.29 is 4.43 Å². The maximum atomic E-state index is 5.42.